The summed E-state index contributed by atoms with van der Waals surface area (Å²) in [7, 11) is 0. The van der Waals surface area contributed by atoms with Crippen molar-refractivity contribution in [2.75, 3.05) is 17.2 Å². The molecule has 0 fully saturated rings. The lowest BCUT2D eigenvalue weighted by atomic mass is 10.0. The average Bonchev–Trinajstić information content (AvgIpc) is 3.02. The molecule has 0 aliphatic carbocycles. The molecule has 1 aromatic carbocycles. The Morgan fingerprint density at radius 3 is 3.13 bits per heavy atom. The molecule has 1 amide bonds. The summed E-state index contributed by atoms with van der Waals surface area (Å²) in [5.41, 5.74) is 4.08. The third-order valence-corrected chi connectivity index (χ3v) is 4.86. The van der Waals surface area contributed by atoms with Crippen molar-refractivity contribution in [3.63, 3.8) is 0 Å². The third kappa shape index (κ3) is 2.82. The SMILES string of the molecule is O=C(CSc1nc2ccncc2[nH]1)N1CCCc2ccccc21. The number of amides is 1. The normalized spacial score (nSPS) is 14.0. The summed E-state index contributed by atoms with van der Waals surface area (Å²) >= 11 is 1.44. The molecule has 116 valence electrons. The van der Waals surface area contributed by atoms with Crippen LogP contribution in [0.5, 0.6) is 0 Å². The molecule has 1 N–H and O–H groups in total. The van der Waals surface area contributed by atoms with Crippen LogP contribution in [0.25, 0.3) is 11.0 Å². The minimum atomic E-state index is 0.126. The van der Waals surface area contributed by atoms with Gasteiger partial charge >= 0.3 is 0 Å². The number of pyridine rings is 1. The van der Waals surface area contributed by atoms with Crippen molar-refractivity contribution >= 4 is 34.4 Å². The molecular formula is C17H16N4OS. The molecule has 1 aliphatic rings. The maximum atomic E-state index is 12.6. The lowest BCUT2D eigenvalue weighted by molar-refractivity contribution is -0.116. The van der Waals surface area contributed by atoms with Crippen LogP contribution in [0.4, 0.5) is 5.69 Å². The van der Waals surface area contributed by atoms with Gasteiger partial charge in [0.25, 0.3) is 0 Å². The van der Waals surface area contributed by atoms with E-state index in [0.29, 0.717) is 5.75 Å². The van der Waals surface area contributed by atoms with Crippen LogP contribution in [-0.2, 0) is 11.2 Å². The molecule has 0 saturated heterocycles. The topological polar surface area (TPSA) is 61.9 Å². The average molecular weight is 324 g/mol. The Kier molecular flexibility index (Phi) is 3.75. The molecule has 3 aromatic rings. The number of hydrogen-bond donors (Lipinski definition) is 1. The summed E-state index contributed by atoms with van der Waals surface area (Å²) in [6.45, 7) is 0.792. The standard InChI is InChI=1S/C17H16N4OS/c22-16(21-9-3-5-12-4-1-2-6-15(12)21)11-23-17-19-13-7-8-18-10-14(13)20-17/h1-2,4,6-8,10H,3,5,9,11H2,(H,19,20). The molecule has 0 atom stereocenters. The molecule has 23 heavy (non-hydrogen) atoms. The van der Waals surface area contributed by atoms with Gasteiger partial charge in [0.15, 0.2) is 5.16 Å². The minimum absolute atomic E-state index is 0.126. The number of imidazole rings is 1. The van der Waals surface area contributed by atoms with Crippen LogP contribution in [0.1, 0.15) is 12.0 Å². The molecule has 3 heterocycles. The van der Waals surface area contributed by atoms with Crippen molar-refractivity contribution < 1.29 is 4.79 Å². The number of nitrogens with one attached hydrogen (secondary N) is 1. The molecule has 0 saturated carbocycles. The van der Waals surface area contributed by atoms with Gasteiger partial charge in [-0.05, 0) is 30.5 Å². The molecule has 0 radical (unpaired) electrons. The van der Waals surface area contributed by atoms with E-state index in [1.807, 2.05) is 29.2 Å². The van der Waals surface area contributed by atoms with Crippen molar-refractivity contribution in [1.82, 2.24) is 15.0 Å². The third-order valence-electron chi connectivity index (χ3n) is 4.01. The number of nitrogens with zero attached hydrogens (tertiary/aromatic N) is 3. The number of anilines is 1. The monoisotopic (exact) mass is 324 g/mol. The molecule has 0 unspecified atom stereocenters. The maximum Gasteiger partial charge on any atom is 0.237 e. The van der Waals surface area contributed by atoms with E-state index in [2.05, 4.69) is 21.0 Å². The van der Waals surface area contributed by atoms with Crippen LogP contribution in [0.2, 0.25) is 0 Å². The van der Waals surface area contributed by atoms with Gasteiger partial charge in [-0.25, -0.2) is 4.98 Å². The molecular weight excluding hydrogens is 308 g/mol. The van der Waals surface area contributed by atoms with Gasteiger partial charge in [0.05, 0.1) is 23.0 Å². The fourth-order valence-electron chi connectivity index (χ4n) is 2.90. The Morgan fingerprint density at radius 1 is 1.30 bits per heavy atom. The molecule has 0 bridgehead atoms. The highest BCUT2D eigenvalue weighted by Gasteiger charge is 2.22. The van der Waals surface area contributed by atoms with E-state index in [9.17, 15) is 4.79 Å². The number of thioether (sulfide) groups is 1. The molecule has 5 nitrogen and oxygen atoms in total. The van der Waals surface area contributed by atoms with Crippen molar-refractivity contribution in [1.29, 1.82) is 0 Å². The van der Waals surface area contributed by atoms with Crippen molar-refractivity contribution in [3.05, 3.63) is 48.3 Å². The highest BCUT2D eigenvalue weighted by atomic mass is 32.2. The van der Waals surface area contributed by atoms with Crippen molar-refractivity contribution in [2.45, 2.75) is 18.0 Å². The van der Waals surface area contributed by atoms with E-state index in [4.69, 9.17) is 0 Å². The summed E-state index contributed by atoms with van der Waals surface area (Å²) < 4.78 is 0. The predicted octanol–water partition coefficient (Wildman–Crippen LogP) is 3.03. The lowest BCUT2D eigenvalue weighted by Crippen LogP contribution is -2.36. The van der Waals surface area contributed by atoms with Gasteiger partial charge in [-0.3, -0.25) is 9.78 Å². The number of fused-ring (bicyclic) bond motifs is 2. The van der Waals surface area contributed by atoms with Crippen LogP contribution in [0.3, 0.4) is 0 Å². The van der Waals surface area contributed by atoms with E-state index >= 15 is 0 Å². The zero-order chi connectivity index (χ0) is 15.6. The Bertz CT molecular complexity index is 827. The quantitative estimate of drug-likeness (QED) is 0.752. The van der Waals surface area contributed by atoms with Crippen LogP contribution in [-0.4, -0.2) is 33.2 Å². The number of hydrogen-bond acceptors (Lipinski definition) is 4. The first kappa shape index (κ1) is 14.3. The fourth-order valence-corrected chi connectivity index (χ4v) is 3.66. The number of aromatic nitrogens is 3. The number of benzene rings is 1. The van der Waals surface area contributed by atoms with Gasteiger partial charge in [-0.2, -0.15) is 0 Å². The van der Waals surface area contributed by atoms with Gasteiger partial charge in [-0.15, -0.1) is 0 Å². The van der Waals surface area contributed by atoms with Gasteiger partial charge < -0.3 is 9.88 Å². The summed E-state index contributed by atoms with van der Waals surface area (Å²) in [4.78, 5) is 26.2. The van der Waals surface area contributed by atoms with E-state index < -0.39 is 0 Å². The maximum absolute atomic E-state index is 12.6. The minimum Gasteiger partial charge on any atom is -0.332 e. The first-order valence-electron chi connectivity index (χ1n) is 7.62. The highest BCUT2D eigenvalue weighted by molar-refractivity contribution is 7.99. The van der Waals surface area contributed by atoms with E-state index in [0.717, 1.165) is 41.3 Å². The number of aryl methyl sites for hydroxylation is 1. The summed E-state index contributed by atoms with van der Waals surface area (Å²) in [5.74, 6) is 0.502. The van der Waals surface area contributed by atoms with Crippen molar-refractivity contribution in [3.8, 4) is 0 Å². The van der Waals surface area contributed by atoms with E-state index in [1.54, 1.807) is 12.4 Å². The molecule has 4 rings (SSSR count). The van der Waals surface area contributed by atoms with Crippen LogP contribution in [0, 0.1) is 0 Å². The second-order valence-corrected chi connectivity index (χ2v) is 6.47. The zero-order valence-electron chi connectivity index (χ0n) is 12.5. The second kappa shape index (κ2) is 6.04. The summed E-state index contributed by atoms with van der Waals surface area (Å²) in [6.07, 6.45) is 5.52. The first-order chi connectivity index (χ1) is 11.3. The molecule has 0 spiro atoms. The van der Waals surface area contributed by atoms with Gasteiger partial charge in [-0.1, -0.05) is 30.0 Å². The Hall–Kier alpha value is -2.34. The van der Waals surface area contributed by atoms with Gasteiger partial charge in [0.2, 0.25) is 5.91 Å². The number of H-pyrrole nitrogens is 1. The van der Waals surface area contributed by atoms with Gasteiger partial charge in [0, 0.05) is 18.4 Å². The first-order valence-corrected chi connectivity index (χ1v) is 8.60. The smallest absolute Gasteiger partial charge is 0.237 e. The van der Waals surface area contributed by atoms with E-state index in [-0.39, 0.29) is 5.91 Å². The Labute approximate surface area is 138 Å². The Morgan fingerprint density at radius 2 is 2.22 bits per heavy atom. The number of carbonyl (C=O) groups is 1. The molecule has 2 aromatic heterocycles. The summed E-state index contributed by atoms with van der Waals surface area (Å²) in [6, 6.07) is 10.0. The van der Waals surface area contributed by atoms with E-state index in [1.165, 1.54) is 17.3 Å². The fraction of sp³-hybridized carbons (Fsp3) is 0.235. The second-order valence-electron chi connectivity index (χ2n) is 5.50. The number of aromatic amines is 1. The van der Waals surface area contributed by atoms with Crippen LogP contribution < -0.4 is 4.90 Å². The van der Waals surface area contributed by atoms with Crippen molar-refractivity contribution in [2.24, 2.45) is 0 Å². The Balaban J connectivity index is 1.48. The van der Waals surface area contributed by atoms with Crippen LogP contribution in [0.15, 0.2) is 47.9 Å². The largest absolute Gasteiger partial charge is 0.332 e. The number of carbonyl (C=O) groups excluding carboxylic acids is 1. The number of para-hydroxylation sites is 1. The molecule has 1 aliphatic heterocycles. The zero-order valence-corrected chi connectivity index (χ0v) is 13.3. The van der Waals surface area contributed by atoms with Crippen LogP contribution >= 0.6 is 11.8 Å². The highest BCUT2D eigenvalue weighted by Crippen LogP contribution is 2.28. The lowest BCUT2D eigenvalue weighted by Gasteiger charge is -2.29. The van der Waals surface area contributed by atoms with Gasteiger partial charge in [0.1, 0.15) is 0 Å². The molecule has 6 heteroatoms. The predicted molar refractivity (Wildman–Crippen MR) is 91.7 cm³/mol. The number of rotatable bonds is 3. The summed E-state index contributed by atoms with van der Waals surface area (Å²) in [5, 5.41) is 0.756.